The van der Waals surface area contributed by atoms with Crippen molar-refractivity contribution in [1.82, 2.24) is 24.1 Å². The molecular weight excluding hydrogens is 452 g/mol. The van der Waals surface area contributed by atoms with Gasteiger partial charge in [0, 0.05) is 44.6 Å². The van der Waals surface area contributed by atoms with Gasteiger partial charge >= 0.3 is 0 Å². The van der Waals surface area contributed by atoms with Crippen LogP contribution in [0.5, 0.6) is 11.6 Å². The van der Waals surface area contributed by atoms with E-state index in [1.165, 1.54) is 4.31 Å². The number of hydrogen-bond acceptors (Lipinski definition) is 7. The summed E-state index contributed by atoms with van der Waals surface area (Å²) in [6.45, 7) is 3.58. The molecule has 0 radical (unpaired) electrons. The molecule has 10 heteroatoms. The van der Waals surface area contributed by atoms with E-state index in [0.29, 0.717) is 43.6 Å². The van der Waals surface area contributed by atoms with E-state index in [9.17, 15) is 8.42 Å². The highest BCUT2D eigenvalue weighted by Crippen LogP contribution is 2.25. The van der Waals surface area contributed by atoms with Gasteiger partial charge in [-0.2, -0.15) is 14.4 Å². The molecule has 174 valence electrons. The number of piperazine rings is 1. The molecule has 2 aromatic carbocycles. The number of sulfonamides is 1. The van der Waals surface area contributed by atoms with Crippen LogP contribution in [-0.4, -0.2) is 58.7 Å². The second-order valence-corrected chi connectivity index (χ2v) is 9.80. The molecule has 2 aromatic heterocycles. The van der Waals surface area contributed by atoms with E-state index >= 15 is 0 Å². The van der Waals surface area contributed by atoms with Crippen LogP contribution in [0.15, 0.2) is 84.0 Å². The molecule has 1 aliphatic rings. The van der Waals surface area contributed by atoms with Crippen LogP contribution >= 0.6 is 0 Å². The zero-order valence-corrected chi connectivity index (χ0v) is 19.5. The molecule has 0 amide bonds. The van der Waals surface area contributed by atoms with Crippen LogP contribution in [0.4, 0.5) is 5.82 Å². The molecule has 4 aromatic rings. The van der Waals surface area contributed by atoms with Gasteiger partial charge in [-0.25, -0.2) is 18.1 Å². The number of benzene rings is 2. The van der Waals surface area contributed by atoms with Crippen molar-refractivity contribution in [2.45, 2.75) is 11.8 Å². The van der Waals surface area contributed by atoms with Crippen molar-refractivity contribution < 1.29 is 13.2 Å². The SMILES string of the molecule is Cc1nc(Oc2ccccc2)cc(N2CCN(S(=O)(=O)c3ccc(-n4cccn4)cc3)CC2)n1. The van der Waals surface area contributed by atoms with Crippen LogP contribution in [0, 0.1) is 6.92 Å². The molecule has 0 bridgehead atoms. The van der Waals surface area contributed by atoms with Gasteiger partial charge < -0.3 is 9.64 Å². The fourth-order valence-corrected chi connectivity index (χ4v) is 5.27. The van der Waals surface area contributed by atoms with E-state index in [4.69, 9.17) is 4.74 Å². The van der Waals surface area contributed by atoms with Crippen molar-refractivity contribution in [3.8, 4) is 17.3 Å². The summed E-state index contributed by atoms with van der Waals surface area (Å²) in [7, 11) is -3.59. The number of rotatable bonds is 6. The van der Waals surface area contributed by atoms with E-state index in [0.717, 1.165) is 11.5 Å². The maximum Gasteiger partial charge on any atom is 0.243 e. The monoisotopic (exact) mass is 476 g/mol. The number of nitrogens with zero attached hydrogens (tertiary/aromatic N) is 6. The first-order valence-electron chi connectivity index (χ1n) is 10.9. The van der Waals surface area contributed by atoms with Crippen LogP contribution in [0.1, 0.15) is 5.82 Å². The molecule has 0 atom stereocenters. The summed E-state index contributed by atoms with van der Waals surface area (Å²) in [5, 5.41) is 4.17. The lowest BCUT2D eigenvalue weighted by molar-refractivity contribution is 0.383. The van der Waals surface area contributed by atoms with Crippen LogP contribution in [-0.2, 0) is 10.0 Å². The summed E-state index contributed by atoms with van der Waals surface area (Å²) in [5.41, 5.74) is 0.807. The smallest absolute Gasteiger partial charge is 0.243 e. The molecule has 3 heterocycles. The zero-order valence-electron chi connectivity index (χ0n) is 18.7. The number of aryl methyl sites for hydroxylation is 1. The zero-order chi connectivity index (χ0) is 23.5. The van der Waals surface area contributed by atoms with Crippen LogP contribution in [0.25, 0.3) is 5.69 Å². The first kappa shape index (κ1) is 22.1. The predicted octanol–water partition coefficient (Wildman–Crippen LogP) is 3.27. The Hall–Kier alpha value is -3.76. The van der Waals surface area contributed by atoms with Crippen LogP contribution < -0.4 is 9.64 Å². The van der Waals surface area contributed by atoms with E-state index in [1.54, 1.807) is 41.2 Å². The Morgan fingerprint density at radius 2 is 1.62 bits per heavy atom. The third kappa shape index (κ3) is 4.63. The lowest BCUT2D eigenvalue weighted by atomic mass is 10.3. The Balaban J connectivity index is 1.27. The van der Waals surface area contributed by atoms with Gasteiger partial charge in [0.15, 0.2) is 0 Å². The first-order valence-corrected chi connectivity index (χ1v) is 12.4. The highest BCUT2D eigenvalue weighted by molar-refractivity contribution is 7.89. The van der Waals surface area contributed by atoms with Crippen molar-refractivity contribution in [3.05, 3.63) is 84.9 Å². The van der Waals surface area contributed by atoms with E-state index in [1.807, 2.05) is 49.5 Å². The Morgan fingerprint density at radius 1 is 0.882 bits per heavy atom. The van der Waals surface area contributed by atoms with Gasteiger partial charge in [0.05, 0.1) is 10.6 Å². The Morgan fingerprint density at radius 3 is 2.29 bits per heavy atom. The van der Waals surface area contributed by atoms with E-state index in [-0.39, 0.29) is 4.90 Å². The van der Waals surface area contributed by atoms with Crippen molar-refractivity contribution in [3.63, 3.8) is 0 Å². The number of aromatic nitrogens is 4. The fourth-order valence-electron chi connectivity index (χ4n) is 3.85. The van der Waals surface area contributed by atoms with Gasteiger partial charge in [-0.1, -0.05) is 18.2 Å². The van der Waals surface area contributed by atoms with Crippen LogP contribution in [0.3, 0.4) is 0 Å². The number of ether oxygens (including phenoxy) is 1. The Labute approximate surface area is 198 Å². The number of anilines is 1. The lowest BCUT2D eigenvalue weighted by Gasteiger charge is -2.34. The van der Waals surface area contributed by atoms with Crippen molar-refractivity contribution >= 4 is 15.8 Å². The topological polar surface area (TPSA) is 93.5 Å². The quantitative estimate of drug-likeness (QED) is 0.422. The fraction of sp³-hybridized carbons (Fsp3) is 0.208. The number of hydrogen-bond donors (Lipinski definition) is 0. The normalized spacial score (nSPS) is 14.8. The molecule has 1 saturated heterocycles. The highest BCUT2D eigenvalue weighted by Gasteiger charge is 2.29. The minimum atomic E-state index is -3.59. The average Bonchev–Trinajstić information content (AvgIpc) is 3.40. The summed E-state index contributed by atoms with van der Waals surface area (Å²) in [6.07, 6.45) is 3.49. The van der Waals surface area contributed by atoms with Gasteiger partial charge in [0.25, 0.3) is 0 Å². The molecule has 9 nitrogen and oxygen atoms in total. The van der Waals surface area contributed by atoms with Crippen molar-refractivity contribution in [1.29, 1.82) is 0 Å². The summed E-state index contributed by atoms with van der Waals surface area (Å²) in [5.74, 6) is 2.47. The molecular formula is C24H24N6O3S. The van der Waals surface area contributed by atoms with Gasteiger partial charge in [0.1, 0.15) is 17.4 Å². The minimum absolute atomic E-state index is 0.272. The summed E-state index contributed by atoms with van der Waals surface area (Å²) >= 11 is 0. The molecule has 1 aliphatic heterocycles. The maximum atomic E-state index is 13.2. The molecule has 0 saturated carbocycles. The average molecular weight is 477 g/mol. The molecule has 0 spiro atoms. The van der Waals surface area contributed by atoms with Gasteiger partial charge in [-0.15, -0.1) is 0 Å². The molecule has 34 heavy (non-hydrogen) atoms. The van der Waals surface area contributed by atoms with Crippen molar-refractivity contribution in [2.24, 2.45) is 0 Å². The second kappa shape index (κ2) is 9.24. The maximum absolute atomic E-state index is 13.2. The number of para-hydroxylation sites is 1. The standard InChI is InChI=1S/C24H24N6O3S/c1-19-26-23(18-24(27-19)33-21-6-3-2-4-7-21)28-14-16-29(17-15-28)34(31,32)22-10-8-20(9-11-22)30-13-5-12-25-30/h2-13,18H,14-17H2,1H3. The summed E-state index contributed by atoms with van der Waals surface area (Å²) < 4.78 is 35.4. The third-order valence-corrected chi connectivity index (χ3v) is 7.49. The molecule has 0 aliphatic carbocycles. The van der Waals surface area contributed by atoms with Crippen LogP contribution in [0.2, 0.25) is 0 Å². The van der Waals surface area contributed by atoms with E-state index < -0.39 is 10.0 Å². The summed E-state index contributed by atoms with van der Waals surface area (Å²) in [6, 6.07) is 19.8. The van der Waals surface area contributed by atoms with E-state index in [2.05, 4.69) is 20.0 Å². The minimum Gasteiger partial charge on any atom is -0.439 e. The predicted molar refractivity (Wildman–Crippen MR) is 128 cm³/mol. The first-order chi connectivity index (χ1) is 16.5. The molecule has 1 fully saturated rings. The second-order valence-electron chi connectivity index (χ2n) is 7.86. The van der Waals surface area contributed by atoms with Gasteiger partial charge in [-0.05, 0) is 49.4 Å². The third-order valence-electron chi connectivity index (χ3n) is 5.57. The molecule has 5 rings (SSSR count). The lowest BCUT2D eigenvalue weighted by Crippen LogP contribution is -2.49. The Kier molecular flexibility index (Phi) is 5.99. The van der Waals surface area contributed by atoms with Crippen molar-refractivity contribution in [2.75, 3.05) is 31.1 Å². The van der Waals surface area contributed by atoms with Gasteiger partial charge in [-0.3, -0.25) is 0 Å². The highest BCUT2D eigenvalue weighted by atomic mass is 32.2. The largest absolute Gasteiger partial charge is 0.439 e. The molecule has 0 unspecified atom stereocenters. The van der Waals surface area contributed by atoms with Gasteiger partial charge in [0.2, 0.25) is 15.9 Å². The Bertz CT molecular complexity index is 1350. The molecule has 0 N–H and O–H groups in total. The summed E-state index contributed by atoms with van der Waals surface area (Å²) in [4.78, 5) is 11.2.